The lowest BCUT2D eigenvalue weighted by molar-refractivity contribution is 0.311. The van der Waals surface area contributed by atoms with Crippen molar-refractivity contribution < 1.29 is 10.2 Å². The second-order valence-electron chi connectivity index (χ2n) is 3.36. The molecule has 0 fully saturated rings. The standard InChI is InChI=1S/C12H13NO2.ClH/c14-7-6-13-12-3-1-2-9-4-5-10(15)8-11(9)12;/h1-5,8,13-15H,6-7H2;1H. The first-order valence-corrected chi connectivity index (χ1v) is 4.88. The molecule has 86 valence electrons. The van der Waals surface area contributed by atoms with E-state index in [9.17, 15) is 5.11 Å². The fraction of sp³-hybridized carbons (Fsp3) is 0.167. The van der Waals surface area contributed by atoms with E-state index in [0.717, 1.165) is 16.5 Å². The highest BCUT2D eigenvalue weighted by atomic mass is 35.5. The number of fused-ring (bicyclic) bond motifs is 1. The van der Waals surface area contributed by atoms with Crippen molar-refractivity contribution in [2.75, 3.05) is 18.5 Å². The van der Waals surface area contributed by atoms with Crippen LogP contribution in [0.1, 0.15) is 0 Å². The molecule has 0 bridgehead atoms. The van der Waals surface area contributed by atoms with Crippen molar-refractivity contribution in [1.82, 2.24) is 0 Å². The molecule has 0 saturated heterocycles. The minimum absolute atomic E-state index is 0. The van der Waals surface area contributed by atoms with E-state index in [2.05, 4.69) is 5.32 Å². The number of rotatable bonds is 3. The van der Waals surface area contributed by atoms with E-state index in [4.69, 9.17) is 5.11 Å². The highest BCUT2D eigenvalue weighted by Crippen LogP contribution is 2.26. The Morgan fingerprint density at radius 1 is 1.12 bits per heavy atom. The van der Waals surface area contributed by atoms with Crippen molar-refractivity contribution in [3.05, 3.63) is 36.4 Å². The quantitative estimate of drug-likeness (QED) is 0.771. The summed E-state index contributed by atoms with van der Waals surface area (Å²) in [6.07, 6.45) is 0. The number of phenolic OH excluding ortho intramolecular Hbond substituents is 1. The monoisotopic (exact) mass is 239 g/mol. The molecule has 3 N–H and O–H groups in total. The summed E-state index contributed by atoms with van der Waals surface area (Å²) >= 11 is 0. The van der Waals surface area contributed by atoms with Crippen LogP contribution in [0, 0.1) is 0 Å². The summed E-state index contributed by atoms with van der Waals surface area (Å²) in [6, 6.07) is 11.1. The van der Waals surface area contributed by atoms with Crippen LogP contribution in [0.4, 0.5) is 5.69 Å². The molecule has 0 aromatic heterocycles. The van der Waals surface area contributed by atoms with Crippen LogP contribution in [0.5, 0.6) is 5.75 Å². The third-order valence-electron chi connectivity index (χ3n) is 2.29. The molecule has 2 rings (SSSR count). The van der Waals surface area contributed by atoms with Crippen LogP contribution in [0.15, 0.2) is 36.4 Å². The van der Waals surface area contributed by atoms with E-state index in [0.29, 0.717) is 6.54 Å². The van der Waals surface area contributed by atoms with Crippen LogP contribution < -0.4 is 5.32 Å². The van der Waals surface area contributed by atoms with Gasteiger partial charge in [0, 0.05) is 17.6 Å². The van der Waals surface area contributed by atoms with Crippen LogP contribution in [0.3, 0.4) is 0 Å². The van der Waals surface area contributed by atoms with Gasteiger partial charge in [0.15, 0.2) is 0 Å². The molecule has 0 atom stereocenters. The average molecular weight is 240 g/mol. The highest BCUT2D eigenvalue weighted by Gasteiger charge is 2.00. The van der Waals surface area contributed by atoms with E-state index in [1.54, 1.807) is 12.1 Å². The van der Waals surface area contributed by atoms with E-state index in [-0.39, 0.29) is 24.8 Å². The van der Waals surface area contributed by atoms with Crippen molar-refractivity contribution in [3.63, 3.8) is 0 Å². The number of aliphatic hydroxyl groups excluding tert-OH is 1. The number of hydrogen-bond donors (Lipinski definition) is 3. The summed E-state index contributed by atoms with van der Waals surface area (Å²) < 4.78 is 0. The first-order chi connectivity index (χ1) is 7.31. The SMILES string of the molecule is Cl.OCCNc1cccc2ccc(O)cc12. The van der Waals surface area contributed by atoms with E-state index >= 15 is 0 Å². The minimum Gasteiger partial charge on any atom is -0.508 e. The molecule has 0 radical (unpaired) electrons. The predicted octanol–water partition coefficient (Wildman–Crippen LogP) is 2.37. The molecule has 2 aromatic rings. The van der Waals surface area contributed by atoms with Gasteiger partial charge in [-0.3, -0.25) is 0 Å². The molecule has 0 aliphatic heterocycles. The smallest absolute Gasteiger partial charge is 0.116 e. The summed E-state index contributed by atoms with van der Waals surface area (Å²) in [5.41, 5.74) is 0.928. The average Bonchev–Trinajstić information content (AvgIpc) is 2.26. The number of aliphatic hydroxyl groups is 1. The van der Waals surface area contributed by atoms with Crippen LogP contribution in [-0.4, -0.2) is 23.4 Å². The molecule has 2 aromatic carbocycles. The third-order valence-corrected chi connectivity index (χ3v) is 2.29. The summed E-state index contributed by atoms with van der Waals surface area (Å²) in [7, 11) is 0. The van der Waals surface area contributed by atoms with Crippen LogP contribution in [-0.2, 0) is 0 Å². The zero-order valence-corrected chi connectivity index (χ0v) is 9.50. The highest BCUT2D eigenvalue weighted by molar-refractivity contribution is 5.94. The minimum atomic E-state index is 0. The number of anilines is 1. The van der Waals surface area contributed by atoms with Crippen molar-refractivity contribution in [1.29, 1.82) is 0 Å². The zero-order chi connectivity index (χ0) is 10.7. The van der Waals surface area contributed by atoms with Crippen molar-refractivity contribution in [2.24, 2.45) is 0 Å². The third kappa shape index (κ3) is 2.56. The van der Waals surface area contributed by atoms with Crippen LogP contribution in [0.2, 0.25) is 0 Å². The Morgan fingerprint density at radius 3 is 2.69 bits per heavy atom. The molecule has 0 spiro atoms. The Labute approximate surface area is 100 Å². The molecule has 0 heterocycles. The number of benzene rings is 2. The fourth-order valence-electron chi connectivity index (χ4n) is 1.61. The van der Waals surface area contributed by atoms with Crippen molar-refractivity contribution >= 4 is 28.9 Å². The Bertz CT molecular complexity index is 474. The van der Waals surface area contributed by atoms with Gasteiger partial charge in [-0.05, 0) is 23.6 Å². The van der Waals surface area contributed by atoms with Gasteiger partial charge < -0.3 is 15.5 Å². The van der Waals surface area contributed by atoms with Gasteiger partial charge in [-0.2, -0.15) is 0 Å². The normalized spacial score (nSPS) is 9.81. The van der Waals surface area contributed by atoms with Gasteiger partial charge >= 0.3 is 0 Å². The number of nitrogens with one attached hydrogen (secondary N) is 1. The lowest BCUT2D eigenvalue weighted by Crippen LogP contribution is -2.05. The molecular formula is C12H14ClNO2. The maximum atomic E-state index is 9.40. The Hall–Kier alpha value is -1.45. The summed E-state index contributed by atoms with van der Waals surface area (Å²) in [5.74, 6) is 0.251. The lowest BCUT2D eigenvalue weighted by Gasteiger charge is -2.08. The Balaban J connectivity index is 0.00000128. The topological polar surface area (TPSA) is 52.5 Å². The van der Waals surface area contributed by atoms with Crippen LogP contribution >= 0.6 is 12.4 Å². The summed E-state index contributed by atoms with van der Waals surface area (Å²) in [4.78, 5) is 0. The maximum Gasteiger partial charge on any atom is 0.116 e. The predicted molar refractivity (Wildman–Crippen MR) is 68.4 cm³/mol. The Morgan fingerprint density at radius 2 is 1.94 bits per heavy atom. The van der Waals surface area contributed by atoms with E-state index in [1.165, 1.54) is 0 Å². The number of halogens is 1. The summed E-state index contributed by atoms with van der Waals surface area (Å²) in [6.45, 7) is 0.601. The first-order valence-electron chi connectivity index (χ1n) is 4.88. The molecule has 0 unspecified atom stereocenters. The molecule has 3 nitrogen and oxygen atoms in total. The molecule has 0 aliphatic carbocycles. The molecule has 16 heavy (non-hydrogen) atoms. The molecule has 0 amide bonds. The van der Waals surface area contributed by atoms with E-state index in [1.807, 2.05) is 24.3 Å². The van der Waals surface area contributed by atoms with Gasteiger partial charge in [-0.25, -0.2) is 0 Å². The van der Waals surface area contributed by atoms with Gasteiger partial charge in [0.2, 0.25) is 0 Å². The van der Waals surface area contributed by atoms with E-state index < -0.39 is 0 Å². The maximum absolute atomic E-state index is 9.40. The largest absolute Gasteiger partial charge is 0.508 e. The number of hydrogen-bond acceptors (Lipinski definition) is 3. The number of aromatic hydroxyl groups is 1. The zero-order valence-electron chi connectivity index (χ0n) is 8.68. The van der Waals surface area contributed by atoms with Gasteiger partial charge in [0.25, 0.3) is 0 Å². The molecule has 0 aliphatic rings. The van der Waals surface area contributed by atoms with Gasteiger partial charge in [-0.1, -0.05) is 18.2 Å². The van der Waals surface area contributed by atoms with Gasteiger partial charge in [0.05, 0.1) is 6.61 Å². The molecular weight excluding hydrogens is 226 g/mol. The fourth-order valence-corrected chi connectivity index (χ4v) is 1.61. The van der Waals surface area contributed by atoms with Crippen molar-refractivity contribution in [2.45, 2.75) is 0 Å². The second kappa shape index (κ2) is 5.58. The second-order valence-corrected chi connectivity index (χ2v) is 3.36. The Kier molecular flexibility index (Phi) is 4.40. The van der Waals surface area contributed by atoms with Crippen LogP contribution in [0.25, 0.3) is 10.8 Å². The van der Waals surface area contributed by atoms with Gasteiger partial charge in [-0.15, -0.1) is 12.4 Å². The summed E-state index contributed by atoms with van der Waals surface area (Å²) in [5, 5.41) is 23.3. The van der Waals surface area contributed by atoms with Gasteiger partial charge in [0.1, 0.15) is 5.75 Å². The number of phenols is 1. The van der Waals surface area contributed by atoms with Crippen molar-refractivity contribution in [3.8, 4) is 5.75 Å². The lowest BCUT2D eigenvalue weighted by atomic mass is 10.1. The molecule has 0 saturated carbocycles. The molecule has 4 heteroatoms. The first kappa shape index (κ1) is 12.6.